The van der Waals surface area contributed by atoms with Crippen molar-refractivity contribution in [3.05, 3.63) is 28.7 Å². The molecule has 2 nitrogen and oxygen atoms in total. The minimum absolute atomic E-state index is 0.290. The molecule has 0 amide bonds. The highest BCUT2D eigenvalue weighted by Crippen LogP contribution is 2.27. The summed E-state index contributed by atoms with van der Waals surface area (Å²) in [6.07, 6.45) is -0.290. The van der Waals surface area contributed by atoms with Crippen molar-refractivity contribution < 1.29 is 5.11 Å². The normalized spacial score (nSPS) is 12.7. The van der Waals surface area contributed by atoms with Gasteiger partial charge in [0.05, 0.1) is 6.10 Å². The molecule has 15 heavy (non-hydrogen) atoms. The van der Waals surface area contributed by atoms with E-state index >= 15 is 0 Å². The average molecular weight is 290 g/mol. The van der Waals surface area contributed by atoms with E-state index in [1.807, 2.05) is 25.1 Å². The first-order valence-electron chi connectivity index (χ1n) is 5.00. The number of thioether (sulfide) groups is 1. The van der Waals surface area contributed by atoms with Crippen molar-refractivity contribution in [1.82, 2.24) is 5.32 Å². The highest BCUT2D eigenvalue weighted by Gasteiger charge is 2.05. The molecule has 1 unspecified atom stereocenters. The highest BCUT2D eigenvalue weighted by molar-refractivity contribution is 9.10. The molecular formula is C11H16BrNOS. The van der Waals surface area contributed by atoms with Crippen LogP contribution in [0.1, 0.15) is 6.92 Å². The molecule has 1 rings (SSSR count). The summed E-state index contributed by atoms with van der Waals surface area (Å²) in [6, 6.07) is 8.06. The summed E-state index contributed by atoms with van der Waals surface area (Å²) in [5.74, 6) is 0.718. The Labute approximate surface area is 104 Å². The van der Waals surface area contributed by atoms with Crippen LogP contribution in [0.2, 0.25) is 0 Å². The van der Waals surface area contributed by atoms with Gasteiger partial charge in [-0.25, -0.2) is 0 Å². The van der Waals surface area contributed by atoms with Gasteiger partial charge in [-0.15, -0.1) is 11.8 Å². The summed E-state index contributed by atoms with van der Waals surface area (Å²) >= 11 is 5.15. The number of hydrogen-bond donors (Lipinski definition) is 2. The largest absolute Gasteiger partial charge is 0.391 e. The second-order valence-electron chi connectivity index (χ2n) is 3.20. The van der Waals surface area contributed by atoms with Crippen LogP contribution in [0.15, 0.2) is 33.6 Å². The predicted octanol–water partition coefficient (Wildman–Crippen LogP) is 2.51. The van der Waals surface area contributed by atoms with Gasteiger partial charge in [0.15, 0.2) is 0 Å². The molecule has 0 radical (unpaired) electrons. The second kappa shape index (κ2) is 7.28. The van der Waals surface area contributed by atoms with E-state index in [2.05, 4.69) is 27.3 Å². The van der Waals surface area contributed by atoms with Crippen LogP contribution in [0.4, 0.5) is 0 Å². The van der Waals surface area contributed by atoms with Crippen molar-refractivity contribution in [1.29, 1.82) is 0 Å². The second-order valence-corrected chi connectivity index (χ2v) is 5.12. The highest BCUT2D eigenvalue weighted by atomic mass is 79.9. The zero-order valence-corrected chi connectivity index (χ0v) is 11.1. The summed E-state index contributed by atoms with van der Waals surface area (Å²) < 4.78 is 1.09. The maximum absolute atomic E-state index is 9.63. The van der Waals surface area contributed by atoms with Crippen LogP contribution < -0.4 is 5.32 Å². The minimum atomic E-state index is -0.290. The molecule has 0 saturated carbocycles. The average Bonchev–Trinajstić information content (AvgIpc) is 2.25. The quantitative estimate of drug-likeness (QED) is 0.790. The topological polar surface area (TPSA) is 32.3 Å². The van der Waals surface area contributed by atoms with Gasteiger partial charge in [-0.3, -0.25) is 0 Å². The SMILES string of the molecule is CCNCC(O)CSc1ccccc1Br. The van der Waals surface area contributed by atoms with Gasteiger partial charge in [0.2, 0.25) is 0 Å². The van der Waals surface area contributed by atoms with Gasteiger partial charge in [0.25, 0.3) is 0 Å². The Hall–Kier alpha value is -0.0300. The summed E-state index contributed by atoms with van der Waals surface area (Å²) in [4.78, 5) is 1.17. The fraction of sp³-hybridized carbons (Fsp3) is 0.455. The van der Waals surface area contributed by atoms with Crippen LogP contribution in [0, 0.1) is 0 Å². The van der Waals surface area contributed by atoms with E-state index in [0.717, 1.165) is 16.8 Å². The van der Waals surface area contributed by atoms with Gasteiger partial charge in [-0.05, 0) is 34.6 Å². The number of likely N-dealkylation sites (N-methyl/N-ethyl adjacent to an activating group) is 1. The molecule has 84 valence electrons. The van der Waals surface area contributed by atoms with Crippen LogP contribution in [0.5, 0.6) is 0 Å². The lowest BCUT2D eigenvalue weighted by Gasteiger charge is -2.10. The molecule has 0 fully saturated rings. The number of benzene rings is 1. The Bertz CT molecular complexity index is 296. The summed E-state index contributed by atoms with van der Waals surface area (Å²) in [5, 5.41) is 12.8. The van der Waals surface area contributed by atoms with Crippen molar-refractivity contribution in [2.45, 2.75) is 17.9 Å². The zero-order chi connectivity index (χ0) is 11.1. The zero-order valence-electron chi connectivity index (χ0n) is 8.74. The summed E-state index contributed by atoms with van der Waals surface area (Å²) in [5.41, 5.74) is 0. The van der Waals surface area contributed by atoms with Crippen LogP contribution >= 0.6 is 27.7 Å². The van der Waals surface area contributed by atoms with Crippen LogP contribution in [0.25, 0.3) is 0 Å². The first-order valence-corrected chi connectivity index (χ1v) is 6.78. The van der Waals surface area contributed by atoms with Gasteiger partial charge < -0.3 is 10.4 Å². The van der Waals surface area contributed by atoms with Gasteiger partial charge in [-0.2, -0.15) is 0 Å². The maximum Gasteiger partial charge on any atom is 0.0758 e. The lowest BCUT2D eigenvalue weighted by atomic mass is 10.4. The molecule has 0 aliphatic carbocycles. The van der Waals surface area contributed by atoms with E-state index in [9.17, 15) is 5.11 Å². The van der Waals surface area contributed by atoms with Gasteiger partial charge in [0.1, 0.15) is 0 Å². The standard InChI is InChI=1S/C11H16BrNOS/c1-2-13-7-9(14)8-15-11-6-4-3-5-10(11)12/h3-6,9,13-14H,2,7-8H2,1H3. The molecule has 0 saturated heterocycles. The molecule has 1 aromatic carbocycles. The Morgan fingerprint density at radius 2 is 2.20 bits per heavy atom. The number of aliphatic hydroxyl groups excluding tert-OH is 1. The molecule has 1 aromatic rings. The monoisotopic (exact) mass is 289 g/mol. The lowest BCUT2D eigenvalue weighted by Crippen LogP contribution is -2.28. The number of rotatable bonds is 6. The van der Waals surface area contributed by atoms with Gasteiger partial charge in [0, 0.05) is 21.7 Å². The molecule has 2 N–H and O–H groups in total. The number of halogens is 1. The molecule has 0 aromatic heterocycles. The molecule has 0 spiro atoms. The van der Waals surface area contributed by atoms with E-state index in [-0.39, 0.29) is 6.10 Å². The van der Waals surface area contributed by atoms with Crippen molar-refractivity contribution >= 4 is 27.7 Å². The van der Waals surface area contributed by atoms with Gasteiger partial charge >= 0.3 is 0 Å². The summed E-state index contributed by atoms with van der Waals surface area (Å²) in [7, 11) is 0. The van der Waals surface area contributed by atoms with E-state index in [1.165, 1.54) is 4.90 Å². The van der Waals surface area contributed by atoms with Crippen LogP contribution in [-0.4, -0.2) is 30.1 Å². The Morgan fingerprint density at radius 3 is 2.87 bits per heavy atom. The third-order valence-corrected chi connectivity index (χ3v) is 4.07. The molecule has 0 heterocycles. The molecule has 1 atom stereocenters. The molecule has 0 aliphatic rings. The fourth-order valence-electron chi connectivity index (χ4n) is 1.12. The number of hydrogen-bond acceptors (Lipinski definition) is 3. The van der Waals surface area contributed by atoms with E-state index < -0.39 is 0 Å². The third-order valence-electron chi connectivity index (χ3n) is 1.90. The third kappa shape index (κ3) is 5.02. The van der Waals surface area contributed by atoms with Crippen molar-refractivity contribution in [2.75, 3.05) is 18.8 Å². The van der Waals surface area contributed by atoms with Crippen LogP contribution in [0.3, 0.4) is 0 Å². The van der Waals surface area contributed by atoms with E-state index in [4.69, 9.17) is 0 Å². The summed E-state index contributed by atoms with van der Waals surface area (Å²) in [6.45, 7) is 3.60. The predicted molar refractivity (Wildman–Crippen MR) is 69.4 cm³/mol. The number of nitrogens with one attached hydrogen (secondary N) is 1. The molecule has 4 heteroatoms. The Morgan fingerprint density at radius 1 is 1.47 bits per heavy atom. The van der Waals surface area contributed by atoms with Crippen LogP contribution in [-0.2, 0) is 0 Å². The van der Waals surface area contributed by atoms with E-state index in [1.54, 1.807) is 11.8 Å². The molecular weight excluding hydrogens is 274 g/mol. The Balaban J connectivity index is 2.33. The van der Waals surface area contributed by atoms with Gasteiger partial charge in [-0.1, -0.05) is 19.1 Å². The maximum atomic E-state index is 9.63. The first kappa shape index (κ1) is 13.0. The smallest absolute Gasteiger partial charge is 0.0758 e. The fourth-order valence-corrected chi connectivity index (χ4v) is 2.62. The van der Waals surface area contributed by atoms with E-state index in [0.29, 0.717) is 6.54 Å². The van der Waals surface area contributed by atoms with Crippen molar-refractivity contribution in [2.24, 2.45) is 0 Å². The number of aliphatic hydroxyl groups is 1. The minimum Gasteiger partial charge on any atom is -0.391 e. The molecule has 0 aliphatic heterocycles. The molecule has 0 bridgehead atoms. The lowest BCUT2D eigenvalue weighted by molar-refractivity contribution is 0.197. The van der Waals surface area contributed by atoms with Crippen molar-refractivity contribution in [3.8, 4) is 0 Å². The van der Waals surface area contributed by atoms with Crippen molar-refractivity contribution in [3.63, 3.8) is 0 Å². The first-order chi connectivity index (χ1) is 7.24. The Kier molecular flexibility index (Phi) is 6.32.